The van der Waals surface area contributed by atoms with Crippen molar-refractivity contribution in [3.8, 4) is 0 Å². The van der Waals surface area contributed by atoms with Gasteiger partial charge in [0.15, 0.2) is 0 Å². The van der Waals surface area contributed by atoms with E-state index in [0.717, 1.165) is 4.31 Å². The van der Waals surface area contributed by atoms with Crippen LogP contribution in [-0.4, -0.2) is 37.9 Å². The minimum atomic E-state index is -3.54. The van der Waals surface area contributed by atoms with Crippen LogP contribution in [0.15, 0.2) is 17.0 Å². The van der Waals surface area contributed by atoms with Gasteiger partial charge in [0.2, 0.25) is 10.0 Å². The lowest BCUT2D eigenvalue weighted by Gasteiger charge is -2.16. The average Bonchev–Trinajstić information content (AvgIpc) is 2.15. The summed E-state index contributed by atoms with van der Waals surface area (Å²) in [6.45, 7) is 3.19. The van der Waals surface area contributed by atoms with Crippen LogP contribution < -0.4 is 0 Å². The fraction of sp³-hybridized carbons (Fsp3) is 0.364. The van der Waals surface area contributed by atoms with Crippen molar-refractivity contribution in [1.82, 2.24) is 4.31 Å². The summed E-state index contributed by atoms with van der Waals surface area (Å²) in [5.41, 5.74) is 0.977. The summed E-state index contributed by atoms with van der Waals surface area (Å²) in [5.74, 6) is -1.06. The largest absolute Gasteiger partial charge is 0.478 e. The maximum Gasteiger partial charge on any atom is 0.335 e. The van der Waals surface area contributed by atoms with Gasteiger partial charge in [0.05, 0.1) is 10.5 Å². The summed E-state index contributed by atoms with van der Waals surface area (Å²) >= 11 is 0. The van der Waals surface area contributed by atoms with Gasteiger partial charge in [-0.25, -0.2) is 17.5 Å². The third-order valence-corrected chi connectivity index (χ3v) is 4.57. The molecule has 0 aromatic heterocycles. The lowest BCUT2D eigenvalue weighted by molar-refractivity contribution is 0.0696. The van der Waals surface area contributed by atoms with E-state index in [9.17, 15) is 13.2 Å². The van der Waals surface area contributed by atoms with Gasteiger partial charge in [-0.3, -0.25) is 0 Å². The molecule has 1 aromatic carbocycles. The van der Waals surface area contributed by atoms with E-state index in [1.54, 1.807) is 13.8 Å². The quantitative estimate of drug-likeness (QED) is 0.884. The molecule has 0 saturated heterocycles. The number of nitrogens with zero attached hydrogens (tertiary/aromatic N) is 1. The lowest BCUT2D eigenvalue weighted by Crippen LogP contribution is -2.24. The topological polar surface area (TPSA) is 74.7 Å². The van der Waals surface area contributed by atoms with Crippen molar-refractivity contribution >= 4 is 16.0 Å². The predicted molar refractivity (Wildman–Crippen MR) is 63.7 cm³/mol. The van der Waals surface area contributed by atoms with Gasteiger partial charge in [-0.1, -0.05) is 0 Å². The van der Waals surface area contributed by atoms with Crippen LogP contribution in [0.2, 0.25) is 0 Å². The van der Waals surface area contributed by atoms with Crippen LogP contribution in [0.3, 0.4) is 0 Å². The molecule has 5 nitrogen and oxygen atoms in total. The van der Waals surface area contributed by atoms with E-state index >= 15 is 0 Å². The molecule has 0 radical (unpaired) electrons. The Morgan fingerprint density at radius 3 is 1.88 bits per heavy atom. The highest BCUT2D eigenvalue weighted by Crippen LogP contribution is 2.24. The van der Waals surface area contributed by atoms with E-state index in [2.05, 4.69) is 0 Å². The Labute approximate surface area is 101 Å². The van der Waals surface area contributed by atoms with Crippen molar-refractivity contribution in [2.24, 2.45) is 0 Å². The van der Waals surface area contributed by atoms with Crippen molar-refractivity contribution < 1.29 is 18.3 Å². The molecule has 6 heteroatoms. The smallest absolute Gasteiger partial charge is 0.335 e. The monoisotopic (exact) mass is 257 g/mol. The second-order valence-electron chi connectivity index (χ2n) is 4.03. The molecule has 0 bridgehead atoms. The van der Waals surface area contributed by atoms with Gasteiger partial charge < -0.3 is 5.11 Å². The molecule has 0 unspecified atom stereocenters. The summed E-state index contributed by atoms with van der Waals surface area (Å²) in [7, 11) is -0.653. The Bertz CT molecular complexity index is 538. The first-order chi connectivity index (χ1) is 7.67. The Balaban J connectivity index is 3.54. The third-order valence-electron chi connectivity index (χ3n) is 2.45. The molecule has 0 heterocycles. The second-order valence-corrected chi connectivity index (χ2v) is 6.12. The molecule has 1 rings (SSSR count). The van der Waals surface area contributed by atoms with Crippen LogP contribution in [-0.2, 0) is 10.0 Å². The van der Waals surface area contributed by atoms with E-state index in [4.69, 9.17) is 5.11 Å². The molecule has 0 saturated carbocycles. The number of benzene rings is 1. The third kappa shape index (κ3) is 2.48. The standard InChI is InChI=1S/C11H15NO4S/c1-7-5-9(11(13)14)6-8(2)10(7)17(15,16)12(3)4/h5-6H,1-4H3,(H,13,14). The Morgan fingerprint density at radius 2 is 1.59 bits per heavy atom. The van der Waals surface area contributed by atoms with Crippen molar-refractivity contribution in [3.05, 3.63) is 28.8 Å². The first kappa shape index (κ1) is 13.7. The van der Waals surface area contributed by atoms with Crippen LogP contribution >= 0.6 is 0 Å². The minimum absolute atomic E-state index is 0.0951. The highest BCUT2D eigenvalue weighted by molar-refractivity contribution is 7.89. The van der Waals surface area contributed by atoms with Crippen molar-refractivity contribution in [2.75, 3.05) is 14.1 Å². The molecule has 0 aliphatic rings. The second kappa shape index (κ2) is 4.46. The summed E-state index contributed by atoms with van der Waals surface area (Å²) in [6, 6.07) is 2.73. The first-order valence-corrected chi connectivity index (χ1v) is 6.39. The van der Waals surface area contributed by atoms with Crippen molar-refractivity contribution in [3.63, 3.8) is 0 Å². The predicted octanol–water partition coefficient (Wildman–Crippen LogP) is 1.25. The molecular weight excluding hydrogens is 242 g/mol. The molecular formula is C11H15NO4S. The van der Waals surface area contributed by atoms with Crippen LogP contribution in [0, 0.1) is 13.8 Å². The lowest BCUT2D eigenvalue weighted by atomic mass is 10.1. The normalized spacial score (nSPS) is 11.8. The van der Waals surface area contributed by atoms with Crippen LogP contribution in [0.25, 0.3) is 0 Å². The first-order valence-electron chi connectivity index (χ1n) is 4.95. The van der Waals surface area contributed by atoms with Gasteiger partial charge >= 0.3 is 5.97 Å². The maximum absolute atomic E-state index is 12.0. The number of rotatable bonds is 3. The number of sulfonamides is 1. The average molecular weight is 257 g/mol. The Kier molecular flexibility index (Phi) is 3.59. The van der Waals surface area contributed by atoms with Crippen LogP contribution in [0.1, 0.15) is 21.5 Å². The molecule has 1 N–H and O–H groups in total. The van der Waals surface area contributed by atoms with Gasteiger partial charge in [-0.2, -0.15) is 0 Å². The number of carboxylic acids is 1. The Hall–Kier alpha value is -1.40. The zero-order valence-corrected chi connectivity index (χ0v) is 11.0. The SMILES string of the molecule is Cc1cc(C(=O)O)cc(C)c1S(=O)(=O)N(C)C. The highest BCUT2D eigenvalue weighted by Gasteiger charge is 2.23. The molecule has 0 amide bonds. The molecule has 0 aliphatic heterocycles. The molecule has 94 valence electrons. The zero-order chi connectivity index (χ0) is 13.4. The van der Waals surface area contributed by atoms with E-state index in [1.807, 2.05) is 0 Å². The molecule has 1 aromatic rings. The maximum atomic E-state index is 12.0. The molecule has 0 spiro atoms. The zero-order valence-electron chi connectivity index (χ0n) is 10.2. The summed E-state index contributed by atoms with van der Waals surface area (Å²) in [5, 5.41) is 8.88. The Morgan fingerprint density at radius 1 is 1.18 bits per heavy atom. The van der Waals surface area contributed by atoms with Gasteiger partial charge in [-0.05, 0) is 37.1 Å². The number of carboxylic acid groups (broad SMARTS) is 1. The fourth-order valence-corrected chi connectivity index (χ4v) is 2.96. The number of hydrogen-bond donors (Lipinski definition) is 1. The summed E-state index contributed by atoms with van der Waals surface area (Å²) < 4.78 is 25.2. The van der Waals surface area contributed by atoms with E-state index in [1.165, 1.54) is 26.2 Å². The van der Waals surface area contributed by atoms with Gasteiger partial charge in [-0.15, -0.1) is 0 Å². The van der Waals surface area contributed by atoms with Gasteiger partial charge in [0, 0.05) is 14.1 Å². The number of carbonyl (C=O) groups is 1. The molecule has 0 aliphatic carbocycles. The summed E-state index contributed by atoms with van der Waals surface area (Å²) in [6.07, 6.45) is 0. The van der Waals surface area contributed by atoms with Gasteiger partial charge in [0.25, 0.3) is 0 Å². The number of hydrogen-bond acceptors (Lipinski definition) is 3. The van der Waals surface area contributed by atoms with Crippen molar-refractivity contribution in [2.45, 2.75) is 18.7 Å². The van der Waals surface area contributed by atoms with Gasteiger partial charge in [0.1, 0.15) is 0 Å². The molecule has 0 atom stereocenters. The number of aromatic carboxylic acids is 1. The van der Waals surface area contributed by atoms with E-state index in [0.29, 0.717) is 11.1 Å². The summed E-state index contributed by atoms with van der Waals surface area (Å²) in [4.78, 5) is 11.0. The van der Waals surface area contributed by atoms with E-state index < -0.39 is 16.0 Å². The molecule has 17 heavy (non-hydrogen) atoms. The minimum Gasteiger partial charge on any atom is -0.478 e. The van der Waals surface area contributed by atoms with Crippen molar-refractivity contribution in [1.29, 1.82) is 0 Å². The fourth-order valence-electron chi connectivity index (χ4n) is 1.66. The van der Waals surface area contributed by atoms with Crippen LogP contribution in [0.5, 0.6) is 0 Å². The van der Waals surface area contributed by atoms with Crippen LogP contribution in [0.4, 0.5) is 0 Å². The molecule has 0 fully saturated rings. The van der Waals surface area contributed by atoms with E-state index in [-0.39, 0.29) is 10.5 Å². The number of aryl methyl sites for hydroxylation is 2. The highest BCUT2D eigenvalue weighted by atomic mass is 32.2.